The van der Waals surface area contributed by atoms with Crippen LogP contribution in [-0.2, 0) is 6.42 Å². The highest BCUT2D eigenvalue weighted by atomic mass is 16.5. The Bertz CT molecular complexity index is 379. The van der Waals surface area contributed by atoms with Crippen molar-refractivity contribution in [1.82, 2.24) is 0 Å². The maximum absolute atomic E-state index is 9.15. The molecule has 1 aliphatic rings. The molecule has 0 amide bonds. The Kier molecular flexibility index (Phi) is 3.19. The van der Waals surface area contributed by atoms with E-state index < -0.39 is 0 Å². The third-order valence-electron chi connectivity index (χ3n) is 2.96. The van der Waals surface area contributed by atoms with Crippen molar-refractivity contribution in [1.29, 1.82) is 0 Å². The molecule has 2 rings (SSSR count). The Hall–Kier alpha value is -1.42. The molecule has 0 aromatic heterocycles. The van der Waals surface area contributed by atoms with Gasteiger partial charge in [-0.15, -0.1) is 0 Å². The molecule has 1 aromatic carbocycles. The van der Waals surface area contributed by atoms with Crippen LogP contribution < -0.4 is 14.8 Å². The van der Waals surface area contributed by atoms with E-state index in [1.165, 1.54) is 5.56 Å². The van der Waals surface area contributed by atoms with Crippen LogP contribution in [0.3, 0.4) is 0 Å². The summed E-state index contributed by atoms with van der Waals surface area (Å²) in [5.74, 6) is 1.75. The molecule has 1 unspecified atom stereocenters. The molecule has 1 aliphatic heterocycles. The number of ether oxygens (including phenoxy) is 2. The van der Waals surface area contributed by atoms with Crippen molar-refractivity contribution in [3.63, 3.8) is 0 Å². The average Bonchev–Trinajstić information content (AvgIpc) is 2.36. The molecule has 0 aliphatic carbocycles. The van der Waals surface area contributed by atoms with E-state index in [-0.39, 0.29) is 12.5 Å². The highest BCUT2D eigenvalue weighted by Crippen LogP contribution is 2.36. The summed E-state index contributed by atoms with van der Waals surface area (Å²) >= 11 is 0. The molecule has 1 heterocycles. The van der Waals surface area contributed by atoms with E-state index in [0.29, 0.717) is 0 Å². The van der Waals surface area contributed by atoms with Crippen LogP contribution in [0.25, 0.3) is 0 Å². The molecule has 88 valence electrons. The van der Waals surface area contributed by atoms with E-state index in [2.05, 4.69) is 5.32 Å². The fraction of sp³-hybridized carbons (Fsp3) is 0.500. The van der Waals surface area contributed by atoms with Crippen molar-refractivity contribution >= 4 is 5.69 Å². The summed E-state index contributed by atoms with van der Waals surface area (Å²) in [5.41, 5.74) is 2.24. The Labute approximate surface area is 95.2 Å². The van der Waals surface area contributed by atoms with Crippen LogP contribution in [0.2, 0.25) is 0 Å². The van der Waals surface area contributed by atoms with E-state index in [4.69, 9.17) is 14.6 Å². The lowest BCUT2D eigenvalue weighted by Crippen LogP contribution is -2.25. The molecule has 0 spiro atoms. The number of hydrogen-bond acceptors (Lipinski definition) is 4. The van der Waals surface area contributed by atoms with Crippen molar-refractivity contribution in [3.05, 3.63) is 17.7 Å². The van der Waals surface area contributed by atoms with Gasteiger partial charge in [-0.25, -0.2) is 0 Å². The second-order valence-electron chi connectivity index (χ2n) is 4.00. The fourth-order valence-electron chi connectivity index (χ4n) is 2.02. The minimum absolute atomic E-state index is 0.209. The van der Waals surface area contributed by atoms with Gasteiger partial charge >= 0.3 is 0 Å². The monoisotopic (exact) mass is 223 g/mol. The van der Waals surface area contributed by atoms with Crippen LogP contribution in [-0.4, -0.2) is 32.5 Å². The van der Waals surface area contributed by atoms with Crippen molar-refractivity contribution in [3.8, 4) is 11.5 Å². The SMILES string of the molecule is COc1cc2c(cc1OC)NCC(CO)C2. The largest absolute Gasteiger partial charge is 0.493 e. The van der Waals surface area contributed by atoms with Crippen LogP contribution in [0.1, 0.15) is 5.56 Å². The highest BCUT2D eigenvalue weighted by molar-refractivity contribution is 5.62. The first-order chi connectivity index (χ1) is 7.78. The number of aliphatic hydroxyl groups is 1. The standard InChI is InChI=1S/C12H17NO3/c1-15-11-4-9-3-8(7-14)6-13-10(9)5-12(11)16-2/h4-5,8,13-14H,3,6-7H2,1-2H3. The second-order valence-corrected chi connectivity index (χ2v) is 4.00. The number of methoxy groups -OCH3 is 2. The summed E-state index contributed by atoms with van der Waals surface area (Å²) in [7, 11) is 3.26. The van der Waals surface area contributed by atoms with Gasteiger partial charge in [-0.1, -0.05) is 0 Å². The minimum Gasteiger partial charge on any atom is -0.493 e. The van der Waals surface area contributed by atoms with E-state index in [1.54, 1.807) is 14.2 Å². The molecule has 0 radical (unpaired) electrons. The lowest BCUT2D eigenvalue weighted by molar-refractivity contribution is 0.230. The van der Waals surface area contributed by atoms with Gasteiger partial charge in [0.25, 0.3) is 0 Å². The molecule has 1 atom stereocenters. The maximum Gasteiger partial charge on any atom is 0.162 e. The summed E-state index contributed by atoms with van der Waals surface area (Å²) in [6, 6.07) is 3.92. The second kappa shape index (κ2) is 4.61. The van der Waals surface area contributed by atoms with Gasteiger partial charge in [-0.2, -0.15) is 0 Å². The van der Waals surface area contributed by atoms with E-state index in [9.17, 15) is 0 Å². The van der Waals surface area contributed by atoms with Gasteiger partial charge in [-0.05, 0) is 18.1 Å². The lowest BCUT2D eigenvalue weighted by atomic mass is 9.94. The first-order valence-electron chi connectivity index (χ1n) is 5.38. The molecule has 0 fully saturated rings. The fourth-order valence-corrected chi connectivity index (χ4v) is 2.02. The summed E-state index contributed by atoms with van der Waals surface area (Å²) in [6.07, 6.45) is 0.874. The Balaban J connectivity index is 2.34. The summed E-state index contributed by atoms with van der Waals surface area (Å²) in [4.78, 5) is 0. The molecule has 4 heteroatoms. The van der Waals surface area contributed by atoms with Crippen molar-refractivity contribution in [2.45, 2.75) is 6.42 Å². The molecule has 4 nitrogen and oxygen atoms in total. The quantitative estimate of drug-likeness (QED) is 0.810. The van der Waals surface area contributed by atoms with Gasteiger partial charge in [0, 0.05) is 30.8 Å². The van der Waals surface area contributed by atoms with E-state index in [0.717, 1.165) is 30.2 Å². The number of rotatable bonds is 3. The third-order valence-corrected chi connectivity index (χ3v) is 2.96. The first kappa shape index (κ1) is 11.1. The number of nitrogens with one attached hydrogen (secondary N) is 1. The van der Waals surface area contributed by atoms with Crippen LogP contribution in [0, 0.1) is 5.92 Å². The summed E-state index contributed by atoms with van der Waals surface area (Å²) < 4.78 is 10.5. The first-order valence-corrected chi connectivity index (χ1v) is 5.38. The van der Waals surface area contributed by atoms with Crippen molar-refractivity contribution in [2.75, 3.05) is 32.7 Å². The van der Waals surface area contributed by atoms with E-state index >= 15 is 0 Å². The molecule has 0 saturated carbocycles. The van der Waals surface area contributed by atoms with Crippen LogP contribution in [0.15, 0.2) is 12.1 Å². The highest BCUT2D eigenvalue weighted by Gasteiger charge is 2.20. The molecule has 1 aromatic rings. The predicted molar refractivity (Wildman–Crippen MR) is 62.3 cm³/mol. The Morgan fingerprint density at radius 3 is 2.62 bits per heavy atom. The maximum atomic E-state index is 9.15. The van der Waals surface area contributed by atoms with Gasteiger partial charge < -0.3 is 19.9 Å². The molecule has 16 heavy (non-hydrogen) atoms. The lowest BCUT2D eigenvalue weighted by Gasteiger charge is -2.25. The number of anilines is 1. The van der Waals surface area contributed by atoms with E-state index in [1.807, 2.05) is 12.1 Å². The predicted octanol–water partition coefficient (Wildman–Crippen LogP) is 1.28. The third kappa shape index (κ3) is 1.93. The smallest absolute Gasteiger partial charge is 0.162 e. The summed E-state index contributed by atoms with van der Waals surface area (Å²) in [5, 5.41) is 12.4. The Morgan fingerprint density at radius 1 is 1.31 bits per heavy atom. The van der Waals surface area contributed by atoms with Crippen LogP contribution >= 0.6 is 0 Å². The molecule has 0 saturated heterocycles. The van der Waals surface area contributed by atoms with Gasteiger partial charge in [0.15, 0.2) is 11.5 Å². The topological polar surface area (TPSA) is 50.7 Å². The minimum atomic E-state index is 0.209. The zero-order valence-electron chi connectivity index (χ0n) is 9.62. The molecule has 2 N–H and O–H groups in total. The number of hydrogen-bond donors (Lipinski definition) is 2. The number of benzene rings is 1. The normalized spacial score (nSPS) is 18.6. The number of fused-ring (bicyclic) bond motifs is 1. The van der Waals surface area contributed by atoms with Crippen molar-refractivity contribution < 1.29 is 14.6 Å². The van der Waals surface area contributed by atoms with Gasteiger partial charge in [0.2, 0.25) is 0 Å². The molecular formula is C12H17NO3. The summed E-state index contributed by atoms with van der Waals surface area (Å²) in [6.45, 7) is 1.01. The van der Waals surface area contributed by atoms with Crippen molar-refractivity contribution in [2.24, 2.45) is 5.92 Å². The molecular weight excluding hydrogens is 206 g/mol. The zero-order chi connectivity index (χ0) is 11.5. The van der Waals surface area contributed by atoms with Gasteiger partial charge in [0.1, 0.15) is 0 Å². The Morgan fingerprint density at radius 2 is 2.00 bits per heavy atom. The molecule has 0 bridgehead atoms. The zero-order valence-corrected chi connectivity index (χ0v) is 9.62. The van der Waals surface area contributed by atoms with Gasteiger partial charge in [0.05, 0.1) is 14.2 Å². The number of aliphatic hydroxyl groups excluding tert-OH is 1. The van der Waals surface area contributed by atoms with Crippen LogP contribution in [0.5, 0.6) is 11.5 Å². The van der Waals surface area contributed by atoms with Crippen LogP contribution in [0.4, 0.5) is 5.69 Å². The van der Waals surface area contributed by atoms with Gasteiger partial charge in [-0.3, -0.25) is 0 Å². The average molecular weight is 223 g/mol.